The normalized spacial score (nSPS) is 10.4. The number of hydrogen-bond donors (Lipinski definition) is 1. The molecule has 23 heavy (non-hydrogen) atoms. The summed E-state index contributed by atoms with van der Waals surface area (Å²) in [6.45, 7) is -0.282. The van der Waals surface area contributed by atoms with Crippen molar-refractivity contribution in [2.45, 2.75) is 6.42 Å². The average Bonchev–Trinajstić information content (AvgIpc) is 3.06. The Hall–Kier alpha value is -2.66. The smallest absolute Gasteiger partial charge is 0.310 e. The van der Waals surface area contributed by atoms with Crippen molar-refractivity contribution < 1.29 is 14.3 Å². The first kappa shape index (κ1) is 15.2. The molecule has 1 amide bonds. The zero-order valence-electron chi connectivity index (χ0n) is 12.3. The van der Waals surface area contributed by atoms with Gasteiger partial charge < -0.3 is 10.1 Å². The molecule has 3 rings (SSSR count). The van der Waals surface area contributed by atoms with Crippen molar-refractivity contribution in [1.82, 2.24) is 0 Å². The number of anilines is 1. The molecule has 1 heterocycles. The second-order valence-corrected chi connectivity index (χ2v) is 5.86. The predicted molar refractivity (Wildman–Crippen MR) is 91.6 cm³/mol. The number of thiophene rings is 1. The van der Waals surface area contributed by atoms with Crippen LogP contribution in [0.5, 0.6) is 0 Å². The highest BCUT2D eigenvalue weighted by Gasteiger charge is 2.09. The fourth-order valence-electron chi connectivity index (χ4n) is 2.22. The van der Waals surface area contributed by atoms with Crippen molar-refractivity contribution in [3.8, 4) is 0 Å². The maximum atomic E-state index is 11.9. The van der Waals surface area contributed by atoms with E-state index in [0.717, 1.165) is 16.3 Å². The molecule has 0 unspecified atom stereocenters. The topological polar surface area (TPSA) is 55.4 Å². The van der Waals surface area contributed by atoms with E-state index in [2.05, 4.69) is 5.32 Å². The molecule has 116 valence electrons. The average molecular weight is 325 g/mol. The molecule has 2 aromatic carbocycles. The second kappa shape index (κ2) is 7.07. The third kappa shape index (κ3) is 4.17. The molecular formula is C18H15NO3S. The molecule has 0 saturated heterocycles. The summed E-state index contributed by atoms with van der Waals surface area (Å²) in [6, 6.07) is 15.4. The van der Waals surface area contributed by atoms with E-state index in [0.29, 0.717) is 5.69 Å². The van der Waals surface area contributed by atoms with Gasteiger partial charge in [-0.25, -0.2) is 0 Å². The van der Waals surface area contributed by atoms with E-state index in [1.54, 1.807) is 0 Å². The number of esters is 1. The van der Waals surface area contributed by atoms with Crippen LogP contribution in [-0.2, 0) is 20.7 Å². The van der Waals surface area contributed by atoms with Crippen LogP contribution in [0.25, 0.3) is 10.8 Å². The molecule has 0 saturated carbocycles. The van der Waals surface area contributed by atoms with E-state index in [1.165, 1.54) is 11.3 Å². The molecule has 0 spiro atoms. The first-order valence-corrected chi connectivity index (χ1v) is 8.10. The third-order valence-corrected chi connectivity index (χ3v) is 4.06. The summed E-state index contributed by atoms with van der Waals surface area (Å²) in [5.74, 6) is -0.754. The van der Waals surface area contributed by atoms with Crippen molar-refractivity contribution in [2.75, 3.05) is 11.9 Å². The molecule has 0 bridgehead atoms. The van der Waals surface area contributed by atoms with Crippen LogP contribution in [0.1, 0.15) is 5.56 Å². The van der Waals surface area contributed by atoms with E-state index >= 15 is 0 Å². The van der Waals surface area contributed by atoms with Gasteiger partial charge in [-0.2, -0.15) is 11.3 Å². The van der Waals surface area contributed by atoms with Crippen LogP contribution in [0.15, 0.2) is 59.3 Å². The quantitative estimate of drug-likeness (QED) is 0.729. The van der Waals surface area contributed by atoms with E-state index in [-0.39, 0.29) is 18.9 Å². The number of rotatable bonds is 5. The zero-order chi connectivity index (χ0) is 16.1. The highest BCUT2D eigenvalue weighted by molar-refractivity contribution is 7.07. The maximum Gasteiger partial charge on any atom is 0.310 e. The molecule has 5 heteroatoms. The summed E-state index contributed by atoms with van der Waals surface area (Å²) in [5, 5.41) is 8.66. The largest absolute Gasteiger partial charge is 0.455 e. The summed E-state index contributed by atoms with van der Waals surface area (Å²) in [4.78, 5) is 23.5. The molecule has 0 aliphatic carbocycles. The molecule has 0 aliphatic heterocycles. The molecule has 4 nitrogen and oxygen atoms in total. The molecule has 1 aromatic heterocycles. The highest BCUT2D eigenvalue weighted by atomic mass is 32.1. The number of carbonyl (C=O) groups is 2. The predicted octanol–water partition coefficient (Wildman–Crippen LogP) is 3.63. The lowest BCUT2D eigenvalue weighted by Crippen LogP contribution is -2.21. The molecule has 1 N–H and O–H groups in total. The number of benzene rings is 2. The van der Waals surface area contributed by atoms with Gasteiger partial charge in [-0.15, -0.1) is 0 Å². The van der Waals surface area contributed by atoms with Crippen LogP contribution in [0.3, 0.4) is 0 Å². The van der Waals surface area contributed by atoms with Gasteiger partial charge in [-0.3, -0.25) is 9.59 Å². The second-order valence-electron chi connectivity index (χ2n) is 5.08. The van der Waals surface area contributed by atoms with Gasteiger partial charge in [0.1, 0.15) is 0 Å². The Morgan fingerprint density at radius 1 is 1.04 bits per heavy atom. The van der Waals surface area contributed by atoms with Crippen molar-refractivity contribution in [3.63, 3.8) is 0 Å². The summed E-state index contributed by atoms with van der Waals surface area (Å²) in [6.07, 6.45) is 0.187. The number of ether oxygens (including phenoxy) is 1. The van der Waals surface area contributed by atoms with Gasteiger partial charge in [0.05, 0.1) is 6.42 Å². The van der Waals surface area contributed by atoms with Gasteiger partial charge in [0.2, 0.25) is 0 Å². The number of carbonyl (C=O) groups excluding carboxylic acids is 2. The van der Waals surface area contributed by atoms with Gasteiger partial charge in [0.25, 0.3) is 5.91 Å². The van der Waals surface area contributed by atoms with Crippen molar-refractivity contribution in [2.24, 2.45) is 0 Å². The summed E-state index contributed by atoms with van der Waals surface area (Å²) < 4.78 is 4.99. The maximum absolute atomic E-state index is 11.9. The van der Waals surface area contributed by atoms with Crippen LogP contribution in [0, 0.1) is 0 Å². The molecule has 0 aliphatic rings. The minimum absolute atomic E-state index is 0.187. The first-order valence-electron chi connectivity index (χ1n) is 7.16. The SMILES string of the molecule is O=C(COC(=O)Cc1ccsc1)Nc1ccc2ccccc2c1. The third-order valence-electron chi connectivity index (χ3n) is 3.33. The van der Waals surface area contributed by atoms with Gasteiger partial charge in [-0.05, 0) is 45.3 Å². The fraction of sp³-hybridized carbons (Fsp3) is 0.111. The van der Waals surface area contributed by atoms with Crippen LogP contribution in [0.4, 0.5) is 5.69 Å². The standard InChI is InChI=1S/C18H15NO3S/c20-17(11-22-18(21)9-13-7-8-23-12-13)19-16-6-5-14-3-1-2-4-15(14)10-16/h1-8,10,12H,9,11H2,(H,19,20). The van der Waals surface area contributed by atoms with Crippen molar-refractivity contribution in [3.05, 3.63) is 64.9 Å². The van der Waals surface area contributed by atoms with Crippen LogP contribution in [-0.4, -0.2) is 18.5 Å². The number of hydrogen-bond acceptors (Lipinski definition) is 4. The first-order chi connectivity index (χ1) is 11.2. The number of amides is 1. The summed E-state index contributed by atoms with van der Waals surface area (Å²) >= 11 is 1.52. The van der Waals surface area contributed by atoms with E-state index < -0.39 is 5.97 Å². The van der Waals surface area contributed by atoms with Gasteiger partial charge in [-0.1, -0.05) is 30.3 Å². The van der Waals surface area contributed by atoms with Gasteiger partial charge >= 0.3 is 5.97 Å². The zero-order valence-corrected chi connectivity index (χ0v) is 13.1. The highest BCUT2D eigenvalue weighted by Crippen LogP contribution is 2.18. The van der Waals surface area contributed by atoms with Crippen molar-refractivity contribution >= 4 is 39.7 Å². The molecule has 3 aromatic rings. The monoisotopic (exact) mass is 325 g/mol. The lowest BCUT2D eigenvalue weighted by atomic mass is 10.1. The Bertz CT molecular complexity index is 827. The summed E-state index contributed by atoms with van der Waals surface area (Å²) in [5.41, 5.74) is 1.58. The van der Waals surface area contributed by atoms with Gasteiger partial charge in [0.15, 0.2) is 6.61 Å². The minimum Gasteiger partial charge on any atom is -0.455 e. The molecule has 0 radical (unpaired) electrons. The van der Waals surface area contributed by atoms with E-state index in [9.17, 15) is 9.59 Å². The van der Waals surface area contributed by atoms with E-state index in [4.69, 9.17) is 4.74 Å². The Balaban J connectivity index is 1.53. The Morgan fingerprint density at radius 3 is 2.65 bits per heavy atom. The Labute approximate surface area is 137 Å². The summed E-state index contributed by atoms with van der Waals surface area (Å²) in [7, 11) is 0. The molecule has 0 fully saturated rings. The Kier molecular flexibility index (Phi) is 4.68. The van der Waals surface area contributed by atoms with Crippen LogP contribution < -0.4 is 5.32 Å². The lowest BCUT2D eigenvalue weighted by Gasteiger charge is -2.07. The molecular weight excluding hydrogens is 310 g/mol. The van der Waals surface area contributed by atoms with E-state index in [1.807, 2.05) is 59.3 Å². The minimum atomic E-state index is -0.405. The fourth-order valence-corrected chi connectivity index (χ4v) is 2.89. The lowest BCUT2D eigenvalue weighted by molar-refractivity contribution is -0.146. The number of nitrogens with one attached hydrogen (secondary N) is 1. The van der Waals surface area contributed by atoms with Gasteiger partial charge in [0, 0.05) is 5.69 Å². The van der Waals surface area contributed by atoms with Crippen molar-refractivity contribution in [1.29, 1.82) is 0 Å². The van der Waals surface area contributed by atoms with Crippen LogP contribution >= 0.6 is 11.3 Å². The van der Waals surface area contributed by atoms with Crippen LogP contribution in [0.2, 0.25) is 0 Å². The number of fused-ring (bicyclic) bond motifs is 1. The molecule has 0 atom stereocenters. The Morgan fingerprint density at radius 2 is 1.87 bits per heavy atom.